The van der Waals surface area contributed by atoms with Gasteiger partial charge in [0.1, 0.15) is 6.10 Å². The molecule has 0 bridgehead atoms. The van der Waals surface area contributed by atoms with Gasteiger partial charge in [-0.15, -0.1) is 0 Å². The van der Waals surface area contributed by atoms with Gasteiger partial charge in [-0.1, -0.05) is 0 Å². The SMILES string of the molecule is O=C(NCCOP(=O)(O)OC[C@H](O)CO)C(F)(F)F. The average molecular weight is 311 g/mol. The van der Waals surface area contributed by atoms with E-state index in [1.54, 1.807) is 0 Å². The van der Waals surface area contributed by atoms with Crippen molar-refractivity contribution < 1.29 is 46.7 Å². The average Bonchev–Trinajstić information content (AvgIpc) is 2.30. The van der Waals surface area contributed by atoms with Crippen LogP contribution in [0.15, 0.2) is 0 Å². The van der Waals surface area contributed by atoms with Crippen molar-refractivity contribution in [2.45, 2.75) is 12.3 Å². The Bertz CT molecular complexity index is 337. The lowest BCUT2D eigenvalue weighted by Gasteiger charge is -2.14. The van der Waals surface area contributed by atoms with Crippen LogP contribution in [0, 0.1) is 0 Å². The van der Waals surface area contributed by atoms with Crippen LogP contribution in [0.1, 0.15) is 0 Å². The summed E-state index contributed by atoms with van der Waals surface area (Å²) in [6, 6.07) is 0. The van der Waals surface area contributed by atoms with Crippen LogP contribution >= 0.6 is 7.82 Å². The molecular weight excluding hydrogens is 298 g/mol. The van der Waals surface area contributed by atoms with Crippen LogP contribution in [-0.4, -0.2) is 59.7 Å². The number of hydrogen-bond acceptors (Lipinski definition) is 6. The first-order valence-corrected chi connectivity index (χ1v) is 6.34. The lowest BCUT2D eigenvalue weighted by atomic mass is 10.4. The Morgan fingerprint density at radius 1 is 1.37 bits per heavy atom. The van der Waals surface area contributed by atoms with Gasteiger partial charge in [0.2, 0.25) is 0 Å². The number of amides is 1. The van der Waals surface area contributed by atoms with Gasteiger partial charge in [0.05, 0.1) is 19.8 Å². The van der Waals surface area contributed by atoms with Gasteiger partial charge in [-0.3, -0.25) is 13.8 Å². The highest BCUT2D eigenvalue weighted by molar-refractivity contribution is 7.47. The number of aliphatic hydroxyl groups excluding tert-OH is 2. The monoisotopic (exact) mass is 311 g/mol. The van der Waals surface area contributed by atoms with Gasteiger partial charge in [-0.25, -0.2) is 4.57 Å². The molecule has 0 aromatic carbocycles. The van der Waals surface area contributed by atoms with Crippen molar-refractivity contribution in [3.8, 4) is 0 Å². The molecule has 2 atom stereocenters. The van der Waals surface area contributed by atoms with Crippen molar-refractivity contribution in [1.29, 1.82) is 0 Å². The van der Waals surface area contributed by atoms with Gasteiger partial charge >= 0.3 is 19.9 Å². The molecule has 12 heteroatoms. The van der Waals surface area contributed by atoms with Gasteiger partial charge in [0.15, 0.2) is 0 Å². The number of nitrogens with one attached hydrogen (secondary N) is 1. The van der Waals surface area contributed by atoms with E-state index in [9.17, 15) is 22.5 Å². The summed E-state index contributed by atoms with van der Waals surface area (Å²) in [6.07, 6.45) is -6.45. The van der Waals surface area contributed by atoms with Crippen molar-refractivity contribution >= 4 is 13.7 Å². The molecule has 1 amide bonds. The summed E-state index contributed by atoms with van der Waals surface area (Å²) in [4.78, 5) is 19.3. The zero-order valence-electron chi connectivity index (χ0n) is 9.46. The number of carbonyl (C=O) groups is 1. The molecule has 114 valence electrons. The second kappa shape index (κ2) is 7.78. The highest BCUT2D eigenvalue weighted by Gasteiger charge is 2.38. The van der Waals surface area contributed by atoms with Gasteiger partial charge < -0.3 is 20.4 Å². The third-order valence-electron chi connectivity index (χ3n) is 1.54. The minimum atomic E-state index is -5.05. The highest BCUT2D eigenvalue weighted by atomic mass is 31.2. The van der Waals surface area contributed by atoms with Crippen molar-refractivity contribution in [2.75, 3.05) is 26.4 Å². The van der Waals surface area contributed by atoms with Gasteiger partial charge in [-0.05, 0) is 0 Å². The molecule has 0 saturated carbocycles. The first-order chi connectivity index (χ1) is 8.58. The van der Waals surface area contributed by atoms with Crippen LogP contribution in [0.3, 0.4) is 0 Å². The van der Waals surface area contributed by atoms with E-state index in [4.69, 9.17) is 15.1 Å². The molecule has 0 aromatic heterocycles. The zero-order chi connectivity index (χ0) is 15.1. The van der Waals surface area contributed by atoms with Crippen LogP contribution in [0.5, 0.6) is 0 Å². The normalized spacial score (nSPS) is 16.7. The minimum Gasteiger partial charge on any atom is -0.394 e. The number of carbonyl (C=O) groups excluding carboxylic acids is 1. The lowest BCUT2D eigenvalue weighted by molar-refractivity contribution is -0.173. The molecule has 0 saturated heterocycles. The summed E-state index contributed by atoms with van der Waals surface area (Å²) in [5, 5.41) is 18.6. The summed E-state index contributed by atoms with van der Waals surface area (Å²) in [5.41, 5.74) is 0. The Morgan fingerprint density at radius 3 is 2.42 bits per heavy atom. The van der Waals surface area contributed by atoms with Crippen molar-refractivity contribution in [2.24, 2.45) is 0 Å². The minimum absolute atomic E-state index is 0.658. The summed E-state index contributed by atoms with van der Waals surface area (Å²) in [6.45, 7) is -2.76. The molecule has 0 aliphatic heterocycles. The van der Waals surface area contributed by atoms with E-state index in [0.29, 0.717) is 0 Å². The van der Waals surface area contributed by atoms with E-state index in [-0.39, 0.29) is 0 Å². The fraction of sp³-hybridized carbons (Fsp3) is 0.857. The smallest absolute Gasteiger partial charge is 0.394 e. The summed E-state index contributed by atoms with van der Waals surface area (Å²) >= 11 is 0. The standard InChI is InChI=1S/C7H13F3NO7P/c8-7(9,10)6(14)11-1-2-17-19(15,16)18-4-5(13)3-12/h5,12-13H,1-4H2,(H,11,14)(H,15,16)/t5-/m1/s1. The van der Waals surface area contributed by atoms with Crippen LogP contribution in [0.4, 0.5) is 13.2 Å². The van der Waals surface area contributed by atoms with Gasteiger partial charge in [0, 0.05) is 6.54 Å². The Labute approximate surface area is 105 Å². The Balaban J connectivity index is 3.87. The van der Waals surface area contributed by atoms with Gasteiger partial charge in [0.25, 0.3) is 0 Å². The number of halogens is 3. The molecule has 19 heavy (non-hydrogen) atoms. The molecule has 1 unspecified atom stereocenters. The summed E-state index contributed by atoms with van der Waals surface area (Å²) in [7, 11) is -4.56. The van der Waals surface area contributed by atoms with E-state index in [1.807, 2.05) is 0 Å². The van der Waals surface area contributed by atoms with Crippen molar-refractivity contribution in [3.63, 3.8) is 0 Å². The summed E-state index contributed by atoms with van der Waals surface area (Å²) < 4.78 is 54.6. The van der Waals surface area contributed by atoms with Crippen LogP contribution < -0.4 is 5.32 Å². The Hall–Kier alpha value is -0.710. The largest absolute Gasteiger partial charge is 0.472 e. The van der Waals surface area contributed by atoms with E-state index in [0.717, 1.165) is 0 Å². The topological polar surface area (TPSA) is 125 Å². The highest BCUT2D eigenvalue weighted by Crippen LogP contribution is 2.42. The predicted molar refractivity (Wildman–Crippen MR) is 53.9 cm³/mol. The number of phosphoric acid groups is 1. The van der Waals surface area contributed by atoms with E-state index >= 15 is 0 Å². The third-order valence-corrected chi connectivity index (χ3v) is 2.52. The molecule has 0 radical (unpaired) electrons. The van der Waals surface area contributed by atoms with Gasteiger partial charge in [-0.2, -0.15) is 13.2 Å². The van der Waals surface area contributed by atoms with E-state index < -0.39 is 52.4 Å². The summed E-state index contributed by atoms with van der Waals surface area (Å²) in [5.74, 6) is -2.21. The quantitative estimate of drug-likeness (QED) is 0.340. The molecule has 0 aromatic rings. The molecule has 0 fully saturated rings. The second-order valence-electron chi connectivity index (χ2n) is 3.19. The molecule has 0 heterocycles. The molecule has 4 N–H and O–H groups in total. The number of phosphoric ester groups is 1. The zero-order valence-corrected chi connectivity index (χ0v) is 10.4. The first kappa shape index (κ1) is 18.3. The molecule has 0 rings (SSSR count). The number of alkyl halides is 3. The third kappa shape index (κ3) is 8.92. The van der Waals surface area contributed by atoms with Crippen LogP contribution in [0.2, 0.25) is 0 Å². The molecular formula is C7H13F3NO7P. The van der Waals surface area contributed by atoms with E-state index in [2.05, 4.69) is 9.05 Å². The molecule has 0 spiro atoms. The molecule has 8 nitrogen and oxygen atoms in total. The predicted octanol–water partition coefficient (Wildman–Crippen LogP) is -0.848. The first-order valence-electron chi connectivity index (χ1n) is 4.84. The fourth-order valence-electron chi connectivity index (χ4n) is 0.696. The maximum Gasteiger partial charge on any atom is 0.472 e. The van der Waals surface area contributed by atoms with Crippen LogP contribution in [0.25, 0.3) is 0 Å². The number of hydrogen-bond donors (Lipinski definition) is 4. The second-order valence-corrected chi connectivity index (χ2v) is 4.64. The Morgan fingerprint density at radius 2 is 1.95 bits per heavy atom. The Kier molecular flexibility index (Phi) is 7.49. The lowest BCUT2D eigenvalue weighted by Crippen LogP contribution is -2.38. The van der Waals surface area contributed by atoms with Crippen molar-refractivity contribution in [3.05, 3.63) is 0 Å². The molecule has 0 aliphatic rings. The number of aliphatic hydroxyl groups is 2. The van der Waals surface area contributed by atoms with Crippen molar-refractivity contribution in [1.82, 2.24) is 5.32 Å². The number of rotatable bonds is 8. The maximum absolute atomic E-state index is 11.7. The molecule has 0 aliphatic carbocycles. The van der Waals surface area contributed by atoms with Crippen LogP contribution in [-0.2, 0) is 18.4 Å². The fourth-order valence-corrected chi connectivity index (χ4v) is 1.45. The van der Waals surface area contributed by atoms with E-state index in [1.165, 1.54) is 5.32 Å². The maximum atomic E-state index is 11.7.